The largest absolute Gasteiger partial charge is 0.460 e. The van der Waals surface area contributed by atoms with Crippen molar-refractivity contribution in [3.63, 3.8) is 0 Å². The molecule has 1 N–H and O–H groups in total. The first-order chi connectivity index (χ1) is 15.4. The summed E-state index contributed by atoms with van der Waals surface area (Å²) in [6.07, 6.45) is -1.09. The van der Waals surface area contributed by atoms with E-state index >= 15 is 0 Å². The molecule has 2 aromatic rings. The Kier molecular flexibility index (Phi) is 9.83. The van der Waals surface area contributed by atoms with E-state index in [0.29, 0.717) is 0 Å². The van der Waals surface area contributed by atoms with E-state index in [-0.39, 0.29) is 40.3 Å². The van der Waals surface area contributed by atoms with Crippen LogP contribution in [0.5, 0.6) is 5.75 Å². The van der Waals surface area contributed by atoms with E-state index in [1.807, 2.05) is 6.07 Å². The number of alkyl carbamates (subject to hydrolysis) is 1. The fraction of sp³-hybridized carbons (Fsp3) is 0.348. The minimum absolute atomic E-state index is 0.000866. The lowest BCUT2D eigenvalue weighted by atomic mass is 10.1. The van der Waals surface area contributed by atoms with Gasteiger partial charge in [0.25, 0.3) is 0 Å². The van der Waals surface area contributed by atoms with Crippen LogP contribution in [-0.2, 0) is 25.7 Å². The Hall–Kier alpha value is -2.48. The van der Waals surface area contributed by atoms with Crippen molar-refractivity contribution in [3.05, 3.63) is 63.1 Å². The number of esters is 2. The summed E-state index contributed by atoms with van der Waals surface area (Å²) in [6, 6.07) is 10.4. The zero-order chi connectivity index (χ0) is 24.6. The van der Waals surface area contributed by atoms with E-state index in [9.17, 15) is 14.4 Å². The van der Waals surface area contributed by atoms with Crippen molar-refractivity contribution in [2.75, 3.05) is 0 Å². The molecule has 0 bridgehead atoms. The Bertz CT molecular complexity index is 992. The predicted molar refractivity (Wildman–Crippen MR) is 126 cm³/mol. The average molecular weight is 517 g/mol. The molecule has 10 heteroatoms. The minimum Gasteiger partial charge on any atom is -0.460 e. The highest BCUT2D eigenvalue weighted by Gasteiger charge is 2.27. The van der Waals surface area contributed by atoms with Gasteiger partial charge in [0, 0.05) is 12.5 Å². The van der Waals surface area contributed by atoms with Crippen molar-refractivity contribution < 1.29 is 28.6 Å². The third-order valence-electron chi connectivity index (χ3n) is 4.03. The van der Waals surface area contributed by atoms with Gasteiger partial charge < -0.3 is 19.5 Å². The average Bonchev–Trinajstić information content (AvgIpc) is 2.73. The maximum atomic E-state index is 12.8. The third kappa shape index (κ3) is 9.50. The Morgan fingerprint density at radius 3 is 2.24 bits per heavy atom. The van der Waals surface area contributed by atoms with Crippen molar-refractivity contribution in [1.82, 2.24) is 5.32 Å². The van der Waals surface area contributed by atoms with E-state index in [4.69, 9.17) is 49.0 Å². The molecule has 178 valence electrons. The number of halogens is 3. The molecule has 33 heavy (non-hydrogen) atoms. The number of carbonyl (C=O) groups excluding carboxylic acids is 3. The van der Waals surface area contributed by atoms with Crippen LogP contribution in [0.1, 0.15) is 39.2 Å². The Balaban J connectivity index is 2.08. The van der Waals surface area contributed by atoms with Crippen molar-refractivity contribution in [2.45, 2.75) is 51.9 Å². The van der Waals surface area contributed by atoms with Crippen molar-refractivity contribution in [1.29, 1.82) is 0 Å². The number of rotatable bonds is 8. The zero-order valence-corrected chi connectivity index (χ0v) is 20.6. The van der Waals surface area contributed by atoms with E-state index in [1.54, 1.807) is 45.0 Å². The van der Waals surface area contributed by atoms with Crippen molar-refractivity contribution in [3.8, 4) is 5.75 Å². The monoisotopic (exact) mass is 515 g/mol. The van der Waals surface area contributed by atoms with E-state index in [2.05, 4.69) is 5.32 Å². The molecule has 0 aliphatic heterocycles. The van der Waals surface area contributed by atoms with Crippen LogP contribution in [-0.4, -0.2) is 29.7 Å². The summed E-state index contributed by atoms with van der Waals surface area (Å²) in [6.45, 7) is 5.17. The Morgan fingerprint density at radius 2 is 1.61 bits per heavy atom. The van der Waals surface area contributed by atoms with Crippen LogP contribution in [0.15, 0.2) is 42.5 Å². The first-order valence-electron chi connectivity index (χ1n) is 10.00. The molecule has 0 saturated heterocycles. The number of hydrogen-bond donors (Lipinski definition) is 1. The van der Waals surface area contributed by atoms with Gasteiger partial charge in [0.2, 0.25) is 0 Å². The summed E-state index contributed by atoms with van der Waals surface area (Å²) >= 11 is 17.9. The summed E-state index contributed by atoms with van der Waals surface area (Å²) < 4.78 is 15.7. The first-order valence-corrected chi connectivity index (χ1v) is 11.1. The molecule has 0 aromatic heterocycles. The molecular weight excluding hydrogens is 493 g/mol. The highest BCUT2D eigenvalue weighted by Crippen LogP contribution is 2.34. The summed E-state index contributed by atoms with van der Waals surface area (Å²) in [5.74, 6) is -1.44. The third-order valence-corrected chi connectivity index (χ3v) is 5.05. The van der Waals surface area contributed by atoms with Crippen molar-refractivity contribution in [2.24, 2.45) is 0 Å². The smallest absolute Gasteiger partial charge is 0.408 e. The van der Waals surface area contributed by atoms with Gasteiger partial charge in [-0.25, -0.2) is 9.59 Å². The fourth-order valence-corrected chi connectivity index (χ4v) is 3.15. The van der Waals surface area contributed by atoms with Gasteiger partial charge in [-0.15, -0.1) is 0 Å². The Morgan fingerprint density at radius 1 is 0.970 bits per heavy atom. The molecule has 7 nitrogen and oxygen atoms in total. The number of ether oxygens (including phenoxy) is 3. The fourth-order valence-electron chi connectivity index (χ4n) is 2.57. The molecule has 0 heterocycles. The van der Waals surface area contributed by atoms with Crippen LogP contribution in [0.25, 0.3) is 0 Å². The van der Waals surface area contributed by atoms with E-state index < -0.39 is 29.7 Å². The molecule has 1 unspecified atom stereocenters. The van der Waals surface area contributed by atoms with Crippen LogP contribution in [0, 0.1) is 0 Å². The molecular formula is C23H24Cl3NO6. The number of hydrogen-bond acceptors (Lipinski definition) is 6. The van der Waals surface area contributed by atoms with Gasteiger partial charge in [0.15, 0.2) is 5.75 Å². The number of carbonyl (C=O) groups is 3. The SMILES string of the molecule is CC(C)(C)OC(=O)CCC(NC(=O)OCc1ccccc1)C(=O)Oc1cc(Cl)c(Cl)cc1Cl. The van der Waals surface area contributed by atoms with Crippen LogP contribution in [0.4, 0.5) is 4.79 Å². The Labute approximate surface area is 207 Å². The summed E-state index contributed by atoms with van der Waals surface area (Å²) in [5, 5.41) is 2.79. The standard InChI is InChI=1S/C23H24Cl3NO6/c1-23(2,3)33-20(28)10-9-18(27-22(30)31-13-14-7-5-4-6-8-14)21(29)32-19-12-16(25)15(24)11-17(19)26/h4-8,11-12,18H,9-10,13H2,1-3H3,(H,27,30). The van der Waals surface area contributed by atoms with Crippen molar-refractivity contribution >= 4 is 52.8 Å². The van der Waals surface area contributed by atoms with Crippen LogP contribution in [0.3, 0.4) is 0 Å². The summed E-state index contributed by atoms with van der Waals surface area (Å²) in [7, 11) is 0. The molecule has 0 aliphatic rings. The summed E-state index contributed by atoms with van der Waals surface area (Å²) in [5.41, 5.74) is 0.0750. The molecule has 0 radical (unpaired) electrons. The molecule has 2 rings (SSSR count). The van der Waals surface area contributed by atoms with Gasteiger partial charge in [-0.3, -0.25) is 4.79 Å². The lowest BCUT2D eigenvalue weighted by Crippen LogP contribution is -2.43. The second kappa shape index (κ2) is 12.1. The second-order valence-corrected chi connectivity index (χ2v) is 9.22. The highest BCUT2D eigenvalue weighted by atomic mass is 35.5. The lowest BCUT2D eigenvalue weighted by Gasteiger charge is -2.21. The minimum atomic E-state index is -1.22. The molecule has 1 amide bonds. The number of benzene rings is 2. The van der Waals surface area contributed by atoms with E-state index in [0.717, 1.165) is 5.56 Å². The van der Waals surface area contributed by atoms with Crippen LogP contribution in [0.2, 0.25) is 15.1 Å². The number of amides is 1. The zero-order valence-electron chi connectivity index (χ0n) is 18.3. The van der Waals surface area contributed by atoms with Gasteiger partial charge in [-0.05, 0) is 38.8 Å². The van der Waals surface area contributed by atoms with Gasteiger partial charge >= 0.3 is 18.0 Å². The quantitative estimate of drug-likeness (QED) is 0.264. The van der Waals surface area contributed by atoms with E-state index in [1.165, 1.54) is 12.1 Å². The molecule has 0 aliphatic carbocycles. The van der Waals surface area contributed by atoms with Gasteiger partial charge in [-0.1, -0.05) is 65.1 Å². The maximum Gasteiger partial charge on any atom is 0.408 e. The molecule has 1 atom stereocenters. The number of nitrogens with one attached hydrogen (secondary N) is 1. The van der Waals surface area contributed by atoms with Gasteiger partial charge in [0.05, 0.1) is 15.1 Å². The topological polar surface area (TPSA) is 90.9 Å². The maximum absolute atomic E-state index is 12.8. The van der Waals surface area contributed by atoms with Crippen LogP contribution >= 0.6 is 34.8 Å². The molecule has 0 fully saturated rings. The summed E-state index contributed by atoms with van der Waals surface area (Å²) in [4.78, 5) is 37.2. The lowest BCUT2D eigenvalue weighted by molar-refractivity contribution is -0.155. The van der Waals surface area contributed by atoms with Crippen LogP contribution < -0.4 is 10.1 Å². The predicted octanol–water partition coefficient (Wildman–Crippen LogP) is 5.97. The molecule has 0 saturated carbocycles. The second-order valence-electron chi connectivity index (χ2n) is 8.00. The highest BCUT2D eigenvalue weighted by molar-refractivity contribution is 6.43. The molecule has 0 spiro atoms. The van der Waals surface area contributed by atoms with Gasteiger partial charge in [0.1, 0.15) is 18.2 Å². The first kappa shape index (κ1) is 26.8. The molecule has 2 aromatic carbocycles. The normalized spacial score (nSPS) is 11.9. The van der Waals surface area contributed by atoms with Gasteiger partial charge in [-0.2, -0.15) is 0 Å².